The van der Waals surface area contributed by atoms with Crippen molar-refractivity contribution in [2.45, 2.75) is 12.5 Å². The molecule has 0 radical (unpaired) electrons. The van der Waals surface area contributed by atoms with Crippen LogP contribution in [0.15, 0.2) is 36.1 Å². The minimum Gasteiger partial charge on any atom is -0.272 e. The van der Waals surface area contributed by atoms with Crippen molar-refractivity contribution >= 4 is 16.1 Å². The quantitative estimate of drug-likeness (QED) is 0.553. The average Bonchev–Trinajstić information content (AvgIpc) is 2.47. The molecule has 1 saturated heterocycles. The average molecular weight is 285 g/mol. The molecule has 102 valence electrons. The van der Waals surface area contributed by atoms with Crippen molar-refractivity contribution < 1.29 is 18.1 Å². The molecule has 1 amide bonds. The fourth-order valence-electron chi connectivity index (χ4n) is 1.94. The van der Waals surface area contributed by atoms with Crippen molar-refractivity contribution in [1.29, 1.82) is 0 Å². The largest absolute Gasteiger partial charge is 0.305 e. The van der Waals surface area contributed by atoms with E-state index in [0.717, 1.165) is 4.31 Å². The monoisotopic (exact) mass is 285 g/mol. The molecule has 1 N–H and O–H groups in total. The van der Waals surface area contributed by atoms with Gasteiger partial charge in [0.15, 0.2) is 0 Å². The first-order chi connectivity index (χ1) is 8.74. The van der Waals surface area contributed by atoms with Crippen LogP contribution in [0.1, 0.15) is 6.92 Å². The van der Waals surface area contributed by atoms with Crippen LogP contribution in [0.25, 0.3) is 0 Å². The second kappa shape index (κ2) is 4.28. The fraction of sp³-hybridized carbons (Fsp3) is 0.300. The normalized spacial score (nSPS) is 29.7. The first kappa shape index (κ1) is 13.4. The number of hydrogen-bond acceptors (Lipinski definition) is 5. The summed E-state index contributed by atoms with van der Waals surface area (Å²) >= 11 is 0. The van der Waals surface area contributed by atoms with E-state index < -0.39 is 26.6 Å². The van der Waals surface area contributed by atoms with Crippen LogP contribution in [0, 0.1) is 10.1 Å². The summed E-state index contributed by atoms with van der Waals surface area (Å²) in [5.74, 6) is -0.664. The van der Waals surface area contributed by atoms with E-state index in [1.165, 1.54) is 37.3 Å². The van der Waals surface area contributed by atoms with Gasteiger partial charge in [0.1, 0.15) is 0 Å². The number of allylic oxidation sites excluding steroid dienone is 3. The number of nitro groups is 1. The molecule has 2 aliphatic rings. The van der Waals surface area contributed by atoms with E-state index in [1.54, 1.807) is 0 Å². The Morgan fingerprint density at radius 3 is 2.68 bits per heavy atom. The van der Waals surface area contributed by atoms with Gasteiger partial charge >= 0.3 is 10.2 Å². The van der Waals surface area contributed by atoms with Crippen LogP contribution in [0.2, 0.25) is 0 Å². The Hall–Kier alpha value is -2.00. The Kier molecular flexibility index (Phi) is 3.03. The Balaban J connectivity index is 2.50. The van der Waals surface area contributed by atoms with Crippen molar-refractivity contribution in [3.05, 3.63) is 46.2 Å². The lowest BCUT2D eigenvalue weighted by molar-refractivity contribution is -0.419. The minimum atomic E-state index is -3.97. The molecule has 1 aliphatic carbocycles. The molecule has 0 saturated carbocycles. The van der Waals surface area contributed by atoms with Crippen molar-refractivity contribution in [3.8, 4) is 0 Å². The van der Waals surface area contributed by atoms with E-state index in [2.05, 4.69) is 0 Å². The lowest BCUT2D eigenvalue weighted by atomic mass is 10.0. The third kappa shape index (κ3) is 2.42. The second-order valence-electron chi connectivity index (χ2n) is 4.31. The van der Waals surface area contributed by atoms with Crippen LogP contribution in [0.5, 0.6) is 0 Å². The number of nitrogens with one attached hydrogen (secondary N) is 1. The topological polar surface area (TPSA) is 110 Å². The van der Waals surface area contributed by atoms with Crippen LogP contribution in [0.3, 0.4) is 0 Å². The molecule has 1 unspecified atom stereocenters. The summed E-state index contributed by atoms with van der Waals surface area (Å²) in [4.78, 5) is 21.5. The standard InChI is InChI=1S/C10H11N3O5S/c1-10(12-7-9(14)11-19(12,17)18)5-3-2-4-8(6-10)13(15)16/h2-6H,7H2,1H3,(H,11,14). The predicted octanol–water partition coefficient (Wildman–Crippen LogP) is -0.292. The predicted molar refractivity (Wildman–Crippen MR) is 65.5 cm³/mol. The third-order valence-corrected chi connectivity index (χ3v) is 4.41. The fourth-order valence-corrected chi connectivity index (χ4v) is 3.33. The molecule has 19 heavy (non-hydrogen) atoms. The van der Waals surface area contributed by atoms with E-state index in [-0.39, 0.29) is 12.2 Å². The van der Waals surface area contributed by atoms with Crippen molar-refractivity contribution in [3.63, 3.8) is 0 Å². The third-order valence-electron chi connectivity index (χ3n) is 2.82. The number of carbonyl (C=O) groups excluding carboxylic acids is 1. The molecular weight excluding hydrogens is 274 g/mol. The van der Waals surface area contributed by atoms with Crippen LogP contribution in [-0.4, -0.2) is 35.6 Å². The van der Waals surface area contributed by atoms with Crippen molar-refractivity contribution in [1.82, 2.24) is 9.03 Å². The van der Waals surface area contributed by atoms with Crippen LogP contribution >= 0.6 is 0 Å². The maximum Gasteiger partial charge on any atom is 0.305 e. The summed E-state index contributed by atoms with van der Waals surface area (Å²) < 4.78 is 26.3. The molecule has 2 rings (SSSR count). The number of carbonyl (C=O) groups is 1. The van der Waals surface area contributed by atoms with Gasteiger partial charge in [0.2, 0.25) is 5.91 Å². The second-order valence-corrected chi connectivity index (χ2v) is 5.90. The molecule has 0 aromatic heterocycles. The zero-order valence-corrected chi connectivity index (χ0v) is 10.8. The first-order valence-electron chi connectivity index (χ1n) is 5.31. The van der Waals surface area contributed by atoms with E-state index >= 15 is 0 Å². The molecule has 0 aromatic carbocycles. The van der Waals surface area contributed by atoms with Gasteiger partial charge in [-0.2, -0.15) is 12.7 Å². The molecule has 0 aromatic rings. The smallest absolute Gasteiger partial charge is 0.272 e. The minimum absolute atomic E-state index is 0.234. The summed E-state index contributed by atoms with van der Waals surface area (Å²) in [5.41, 5.74) is -1.51. The Morgan fingerprint density at radius 2 is 2.16 bits per heavy atom. The highest BCUT2D eigenvalue weighted by atomic mass is 32.2. The number of rotatable bonds is 2. The zero-order valence-electron chi connectivity index (χ0n) is 9.94. The Bertz CT molecular complexity index is 634. The summed E-state index contributed by atoms with van der Waals surface area (Å²) in [6.45, 7) is 1.11. The molecule has 1 aliphatic heterocycles. The maximum atomic E-state index is 11.8. The van der Waals surface area contributed by atoms with Gasteiger partial charge in [-0.15, -0.1) is 0 Å². The molecular formula is C10H11N3O5S. The van der Waals surface area contributed by atoms with E-state index in [1.807, 2.05) is 4.72 Å². The van der Waals surface area contributed by atoms with Crippen molar-refractivity contribution in [2.24, 2.45) is 0 Å². The maximum absolute atomic E-state index is 11.8. The van der Waals surface area contributed by atoms with Gasteiger partial charge < -0.3 is 0 Å². The van der Waals surface area contributed by atoms with Crippen LogP contribution < -0.4 is 4.72 Å². The highest BCUT2D eigenvalue weighted by molar-refractivity contribution is 7.88. The zero-order chi connectivity index (χ0) is 14.3. The Labute approximate surface area is 109 Å². The van der Waals surface area contributed by atoms with Crippen molar-refractivity contribution in [2.75, 3.05) is 6.54 Å². The number of nitrogens with zero attached hydrogens (tertiary/aromatic N) is 2. The van der Waals surface area contributed by atoms with Gasteiger partial charge in [0.05, 0.1) is 17.0 Å². The SMILES string of the molecule is CC1(N2CC(=O)NS2(=O)=O)C=CC=CC([N+](=O)[O-])=C1. The van der Waals surface area contributed by atoms with Gasteiger partial charge in [0, 0.05) is 12.2 Å². The molecule has 9 heteroatoms. The van der Waals surface area contributed by atoms with Crippen LogP contribution in [-0.2, 0) is 15.0 Å². The summed E-state index contributed by atoms with van der Waals surface area (Å²) in [6, 6.07) is 0. The number of hydrogen-bond donors (Lipinski definition) is 1. The molecule has 1 fully saturated rings. The van der Waals surface area contributed by atoms with Gasteiger partial charge in [-0.25, -0.2) is 4.72 Å². The molecule has 1 atom stereocenters. The first-order valence-corrected chi connectivity index (χ1v) is 6.75. The van der Waals surface area contributed by atoms with E-state index in [0.29, 0.717) is 0 Å². The highest BCUT2D eigenvalue weighted by Crippen LogP contribution is 2.27. The lowest BCUT2D eigenvalue weighted by Crippen LogP contribution is -2.46. The summed E-state index contributed by atoms with van der Waals surface area (Å²) in [5, 5.41) is 10.8. The molecule has 0 bridgehead atoms. The van der Waals surface area contributed by atoms with Gasteiger partial charge in [-0.3, -0.25) is 14.9 Å². The Morgan fingerprint density at radius 1 is 1.47 bits per heavy atom. The molecule has 0 spiro atoms. The van der Waals surface area contributed by atoms with Crippen LogP contribution in [0.4, 0.5) is 0 Å². The van der Waals surface area contributed by atoms with Gasteiger partial charge in [-0.05, 0) is 6.92 Å². The van der Waals surface area contributed by atoms with E-state index in [4.69, 9.17) is 0 Å². The molecule has 1 heterocycles. The van der Waals surface area contributed by atoms with E-state index in [9.17, 15) is 23.3 Å². The summed E-state index contributed by atoms with van der Waals surface area (Å²) in [7, 11) is -3.97. The van der Waals surface area contributed by atoms with Gasteiger partial charge in [0.25, 0.3) is 5.70 Å². The highest BCUT2D eigenvalue weighted by Gasteiger charge is 2.45. The number of amides is 1. The lowest BCUT2D eigenvalue weighted by Gasteiger charge is -2.29. The molecule has 8 nitrogen and oxygen atoms in total. The summed E-state index contributed by atoms with van der Waals surface area (Å²) in [6.07, 6.45) is 6.89. The van der Waals surface area contributed by atoms with Gasteiger partial charge in [-0.1, -0.05) is 18.2 Å².